The molecule has 2 amide bonds. The predicted molar refractivity (Wildman–Crippen MR) is 79.1 cm³/mol. The molecule has 1 aliphatic rings. The van der Waals surface area contributed by atoms with E-state index in [2.05, 4.69) is 5.10 Å². The fourth-order valence-electron chi connectivity index (χ4n) is 2.70. The van der Waals surface area contributed by atoms with E-state index >= 15 is 0 Å². The second kappa shape index (κ2) is 5.33. The van der Waals surface area contributed by atoms with Crippen molar-refractivity contribution in [2.75, 3.05) is 6.54 Å². The van der Waals surface area contributed by atoms with Gasteiger partial charge in [-0.25, -0.2) is 0 Å². The Bertz CT molecular complexity index is 691. The first kappa shape index (κ1) is 13.8. The van der Waals surface area contributed by atoms with Gasteiger partial charge in [0.25, 0.3) is 11.8 Å². The summed E-state index contributed by atoms with van der Waals surface area (Å²) < 4.78 is 1.74. The SMILES string of the molecule is Cn1cc([C@H]2CCCN2C(=O)c2ccc(C(N)=O)s2)cn1. The standard InChI is InChI=1S/C14H16N4O2S/c1-17-8-9(7-16-17)10-3-2-6-18(10)14(20)12-5-4-11(21-12)13(15)19/h4-5,7-8,10H,2-3,6H2,1H3,(H2,15,19)/t10-/m1/s1. The van der Waals surface area contributed by atoms with E-state index in [-0.39, 0.29) is 11.9 Å². The first-order chi connectivity index (χ1) is 10.1. The van der Waals surface area contributed by atoms with E-state index in [9.17, 15) is 9.59 Å². The second-order valence-corrected chi connectivity index (χ2v) is 6.22. The highest BCUT2D eigenvalue weighted by molar-refractivity contribution is 7.15. The lowest BCUT2D eigenvalue weighted by molar-refractivity contribution is 0.0740. The van der Waals surface area contributed by atoms with Gasteiger partial charge in [0, 0.05) is 25.4 Å². The van der Waals surface area contributed by atoms with Crippen LogP contribution >= 0.6 is 11.3 Å². The van der Waals surface area contributed by atoms with Crippen molar-refractivity contribution < 1.29 is 9.59 Å². The van der Waals surface area contributed by atoms with E-state index in [1.807, 2.05) is 18.1 Å². The summed E-state index contributed by atoms with van der Waals surface area (Å²) in [4.78, 5) is 26.6. The largest absolute Gasteiger partial charge is 0.365 e. The molecule has 2 N–H and O–H groups in total. The minimum absolute atomic E-state index is 0.0427. The van der Waals surface area contributed by atoms with Gasteiger partial charge in [-0.3, -0.25) is 14.3 Å². The topological polar surface area (TPSA) is 81.2 Å². The van der Waals surface area contributed by atoms with Gasteiger partial charge < -0.3 is 10.6 Å². The molecule has 0 saturated carbocycles. The molecule has 1 fully saturated rings. The number of nitrogens with two attached hydrogens (primary N) is 1. The number of hydrogen-bond acceptors (Lipinski definition) is 4. The van der Waals surface area contributed by atoms with Gasteiger partial charge in [0.05, 0.1) is 22.0 Å². The lowest BCUT2D eigenvalue weighted by Gasteiger charge is -2.23. The minimum atomic E-state index is -0.496. The van der Waals surface area contributed by atoms with Crippen LogP contribution in [0.15, 0.2) is 24.5 Å². The molecule has 3 heterocycles. The number of carbonyl (C=O) groups is 2. The zero-order valence-corrected chi connectivity index (χ0v) is 12.5. The molecule has 1 aliphatic heterocycles. The molecule has 7 heteroatoms. The van der Waals surface area contributed by atoms with E-state index in [0.29, 0.717) is 9.75 Å². The predicted octanol–water partition coefficient (Wildman–Crippen LogP) is 1.56. The van der Waals surface area contributed by atoms with Crippen molar-refractivity contribution in [2.45, 2.75) is 18.9 Å². The van der Waals surface area contributed by atoms with Crippen LogP contribution < -0.4 is 5.73 Å². The molecule has 0 aliphatic carbocycles. The summed E-state index contributed by atoms with van der Waals surface area (Å²) in [6, 6.07) is 3.34. The number of hydrogen-bond donors (Lipinski definition) is 1. The highest BCUT2D eigenvalue weighted by atomic mass is 32.1. The molecule has 0 bridgehead atoms. The highest BCUT2D eigenvalue weighted by Crippen LogP contribution is 2.33. The smallest absolute Gasteiger partial charge is 0.264 e. The summed E-state index contributed by atoms with van der Waals surface area (Å²) in [6.45, 7) is 0.724. The Morgan fingerprint density at radius 3 is 2.76 bits per heavy atom. The van der Waals surface area contributed by atoms with Gasteiger partial charge in [-0.05, 0) is 25.0 Å². The lowest BCUT2D eigenvalue weighted by atomic mass is 10.1. The summed E-state index contributed by atoms with van der Waals surface area (Å²) >= 11 is 1.15. The third-order valence-corrected chi connectivity index (χ3v) is 4.77. The third kappa shape index (κ3) is 2.56. The third-order valence-electron chi connectivity index (χ3n) is 3.68. The number of thiophene rings is 1. The van der Waals surface area contributed by atoms with Crippen LogP contribution in [0.25, 0.3) is 0 Å². The molecule has 0 radical (unpaired) electrons. The van der Waals surface area contributed by atoms with Crippen LogP contribution in [0.5, 0.6) is 0 Å². The lowest BCUT2D eigenvalue weighted by Crippen LogP contribution is -2.29. The number of aryl methyl sites for hydroxylation is 1. The zero-order valence-electron chi connectivity index (χ0n) is 11.7. The van der Waals surface area contributed by atoms with Crippen molar-refractivity contribution in [2.24, 2.45) is 12.8 Å². The van der Waals surface area contributed by atoms with Crippen molar-refractivity contribution in [3.63, 3.8) is 0 Å². The zero-order chi connectivity index (χ0) is 15.0. The first-order valence-corrected chi connectivity index (χ1v) is 7.57. The number of nitrogens with zero attached hydrogens (tertiary/aromatic N) is 3. The maximum Gasteiger partial charge on any atom is 0.264 e. The van der Waals surface area contributed by atoms with Gasteiger partial charge in [0.15, 0.2) is 0 Å². The van der Waals surface area contributed by atoms with Gasteiger partial charge >= 0.3 is 0 Å². The van der Waals surface area contributed by atoms with Gasteiger partial charge in [0.2, 0.25) is 0 Å². The minimum Gasteiger partial charge on any atom is -0.365 e. The molecule has 3 rings (SSSR count). The fourth-order valence-corrected chi connectivity index (χ4v) is 3.51. The van der Waals surface area contributed by atoms with E-state index in [0.717, 1.165) is 36.3 Å². The average molecular weight is 304 g/mol. The Morgan fingerprint density at radius 2 is 2.14 bits per heavy atom. The monoisotopic (exact) mass is 304 g/mol. The van der Waals surface area contributed by atoms with Crippen molar-refractivity contribution in [1.29, 1.82) is 0 Å². The number of aromatic nitrogens is 2. The molecule has 2 aromatic heterocycles. The summed E-state index contributed by atoms with van der Waals surface area (Å²) in [5.41, 5.74) is 6.29. The van der Waals surface area contributed by atoms with Crippen LogP contribution in [0.3, 0.4) is 0 Å². The van der Waals surface area contributed by atoms with Crippen LogP contribution in [0.1, 0.15) is 43.8 Å². The molecule has 0 spiro atoms. The molecule has 0 aromatic carbocycles. The number of carbonyl (C=O) groups excluding carboxylic acids is 2. The van der Waals surface area contributed by atoms with Crippen molar-refractivity contribution in [3.05, 3.63) is 39.8 Å². The number of rotatable bonds is 3. The fraction of sp³-hybridized carbons (Fsp3) is 0.357. The Hall–Kier alpha value is -2.15. The maximum absolute atomic E-state index is 12.6. The van der Waals surface area contributed by atoms with Crippen LogP contribution in [0.2, 0.25) is 0 Å². The number of likely N-dealkylation sites (tertiary alicyclic amines) is 1. The summed E-state index contributed by atoms with van der Waals surface area (Å²) in [5.74, 6) is -0.539. The normalized spacial score (nSPS) is 18.1. The van der Waals surface area contributed by atoms with Crippen molar-refractivity contribution in [3.8, 4) is 0 Å². The Labute approximate surface area is 126 Å². The number of primary amides is 1. The Kier molecular flexibility index (Phi) is 3.50. The van der Waals surface area contributed by atoms with E-state index in [1.165, 1.54) is 0 Å². The first-order valence-electron chi connectivity index (χ1n) is 6.75. The Balaban J connectivity index is 1.84. The quantitative estimate of drug-likeness (QED) is 0.934. The van der Waals surface area contributed by atoms with Crippen molar-refractivity contribution in [1.82, 2.24) is 14.7 Å². The van der Waals surface area contributed by atoms with Gasteiger partial charge in [-0.1, -0.05) is 0 Å². The Morgan fingerprint density at radius 1 is 1.38 bits per heavy atom. The summed E-state index contributed by atoms with van der Waals surface area (Å²) in [6.07, 6.45) is 5.66. The van der Waals surface area contributed by atoms with E-state index in [4.69, 9.17) is 5.73 Å². The maximum atomic E-state index is 12.6. The summed E-state index contributed by atoms with van der Waals surface area (Å²) in [7, 11) is 1.86. The van der Waals surface area contributed by atoms with Crippen LogP contribution in [0, 0.1) is 0 Å². The van der Waals surface area contributed by atoms with Gasteiger partial charge in [-0.2, -0.15) is 5.10 Å². The van der Waals surface area contributed by atoms with E-state index < -0.39 is 5.91 Å². The van der Waals surface area contributed by atoms with Crippen LogP contribution in [-0.2, 0) is 7.05 Å². The highest BCUT2D eigenvalue weighted by Gasteiger charge is 2.32. The molecule has 110 valence electrons. The second-order valence-electron chi connectivity index (χ2n) is 5.13. The summed E-state index contributed by atoms with van der Waals surface area (Å²) in [5, 5.41) is 4.18. The molecule has 0 unspecified atom stereocenters. The molecular formula is C14H16N4O2S. The molecule has 21 heavy (non-hydrogen) atoms. The van der Waals surface area contributed by atoms with E-state index in [1.54, 1.807) is 23.0 Å². The van der Waals surface area contributed by atoms with Crippen molar-refractivity contribution >= 4 is 23.2 Å². The van der Waals surface area contributed by atoms with Gasteiger partial charge in [-0.15, -0.1) is 11.3 Å². The number of amides is 2. The van der Waals surface area contributed by atoms with Crippen LogP contribution in [-0.4, -0.2) is 33.0 Å². The molecule has 2 aromatic rings. The average Bonchev–Trinajstić information content (AvgIpc) is 3.17. The molecule has 6 nitrogen and oxygen atoms in total. The van der Waals surface area contributed by atoms with Crippen LogP contribution in [0.4, 0.5) is 0 Å². The molecule has 1 saturated heterocycles. The molecular weight excluding hydrogens is 288 g/mol. The van der Waals surface area contributed by atoms with Gasteiger partial charge in [0.1, 0.15) is 0 Å². The molecule has 1 atom stereocenters.